The Morgan fingerprint density at radius 2 is 1.38 bits per heavy atom. The molecule has 0 amide bonds. The van der Waals surface area contributed by atoms with Crippen LogP contribution in [0.4, 0.5) is 26.3 Å². The molecule has 1 aliphatic heterocycles. The van der Waals surface area contributed by atoms with Crippen molar-refractivity contribution in [2.45, 2.75) is 115 Å². The first-order valence-electron chi connectivity index (χ1n) is 15.8. The summed E-state index contributed by atoms with van der Waals surface area (Å²) in [6.45, 7) is 3.73. The van der Waals surface area contributed by atoms with Crippen molar-refractivity contribution >= 4 is 6.08 Å². The molecule has 1 aromatic rings. The average molecular weight is 603 g/mol. The van der Waals surface area contributed by atoms with Gasteiger partial charge in [-0.25, -0.2) is 4.39 Å². The number of hydrogen-bond acceptors (Lipinski definition) is 3. The van der Waals surface area contributed by atoms with Gasteiger partial charge in [-0.15, -0.1) is 0 Å². The first-order valence-corrected chi connectivity index (χ1v) is 15.8. The van der Waals surface area contributed by atoms with E-state index in [1.54, 1.807) is 6.07 Å². The highest BCUT2D eigenvalue weighted by Gasteiger charge is 2.46. The lowest BCUT2D eigenvalue weighted by atomic mass is 9.76. The third-order valence-electron chi connectivity index (χ3n) is 10.3. The fourth-order valence-electron chi connectivity index (χ4n) is 7.51. The van der Waals surface area contributed by atoms with Crippen LogP contribution in [0.3, 0.4) is 0 Å². The van der Waals surface area contributed by atoms with Gasteiger partial charge in [0.1, 0.15) is 5.82 Å². The van der Waals surface area contributed by atoms with E-state index in [9.17, 15) is 17.6 Å². The van der Waals surface area contributed by atoms with Crippen LogP contribution in [0.25, 0.3) is 6.08 Å². The van der Waals surface area contributed by atoms with Crippen LogP contribution in [0.15, 0.2) is 24.3 Å². The Balaban J connectivity index is 1.03. The maximum Gasteiger partial charge on any atom is 0.409 e. The molecule has 4 fully saturated rings. The molecule has 1 saturated heterocycles. The van der Waals surface area contributed by atoms with Crippen LogP contribution in [-0.4, -0.2) is 37.9 Å². The van der Waals surface area contributed by atoms with E-state index in [2.05, 4.69) is 6.92 Å². The van der Waals surface area contributed by atoms with Crippen molar-refractivity contribution in [3.8, 4) is 0 Å². The van der Waals surface area contributed by atoms with E-state index in [1.807, 2.05) is 0 Å². The summed E-state index contributed by atoms with van der Waals surface area (Å²) in [5.41, 5.74) is 0.536. The van der Waals surface area contributed by atoms with Crippen molar-refractivity contribution < 1.29 is 40.6 Å². The van der Waals surface area contributed by atoms with Gasteiger partial charge in [-0.3, -0.25) is 0 Å². The summed E-state index contributed by atoms with van der Waals surface area (Å²) in [4.78, 5) is 0. The highest BCUT2D eigenvalue weighted by molar-refractivity contribution is 5.51. The van der Waals surface area contributed by atoms with Gasteiger partial charge in [0.25, 0.3) is 0 Å². The first kappa shape index (κ1) is 31.8. The molecule has 0 aromatic heterocycles. The molecule has 236 valence electrons. The van der Waals surface area contributed by atoms with Gasteiger partial charge in [0, 0.05) is 23.5 Å². The van der Waals surface area contributed by atoms with Gasteiger partial charge in [0.2, 0.25) is 0 Å². The van der Waals surface area contributed by atoms with Crippen LogP contribution in [0.2, 0.25) is 0 Å². The summed E-state index contributed by atoms with van der Waals surface area (Å²) in [6, 6.07) is 4.21. The molecule has 0 unspecified atom stereocenters. The van der Waals surface area contributed by atoms with Gasteiger partial charge < -0.3 is 14.2 Å². The Morgan fingerprint density at radius 1 is 0.762 bits per heavy atom. The van der Waals surface area contributed by atoms with Crippen LogP contribution >= 0.6 is 0 Å². The van der Waals surface area contributed by atoms with E-state index < -0.39 is 30.1 Å². The molecule has 0 spiro atoms. The standard InChI is InChI=1S/C33H44F6O3/c1-21-2-4-23(5-3-21)27-19-40-31(41-20-27)25-8-12-28(13-9-25)33(38,39)42-29-14-10-22(11-15-29)26-7-6-24(30(34)18-26)16-17-32(35,36)37/h6-7,16-18,21-23,25,27-29,31H,2-5,8-15,19-20H2,1H3/b17-16+. The zero-order valence-electron chi connectivity index (χ0n) is 24.4. The molecular formula is C33H44F6O3. The highest BCUT2D eigenvalue weighted by atomic mass is 19.4. The van der Waals surface area contributed by atoms with E-state index in [4.69, 9.17) is 14.2 Å². The zero-order valence-corrected chi connectivity index (χ0v) is 24.4. The maximum atomic E-state index is 15.2. The number of ether oxygens (including phenoxy) is 3. The number of alkyl halides is 5. The fourth-order valence-corrected chi connectivity index (χ4v) is 7.51. The largest absolute Gasteiger partial charge is 0.409 e. The van der Waals surface area contributed by atoms with Gasteiger partial charge in [0.15, 0.2) is 6.29 Å². The monoisotopic (exact) mass is 602 g/mol. The van der Waals surface area contributed by atoms with Crippen LogP contribution in [-0.2, 0) is 14.2 Å². The third kappa shape index (κ3) is 8.32. The Hall–Kier alpha value is -1.58. The number of rotatable bonds is 7. The molecule has 42 heavy (non-hydrogen) atoms. The highest BCUT2D eigenvalue weighted by Crippen LogP contribution is 2.45. The van der Waals surface area contributed by atoms with Crippen molar-refractivity contribution in [3.05, 3.63) is 41.2 Å². The van der Waals surface area contributed by atoms with Crippen molar-refractivity contribution in [2.75, 3.05) is 13.2 Å². The van der Waals surface area contributed by atoms with Crippen molar-refractivity contribution in [3.63, 3.8) is 0 Å². The van der Waals surface area contributed by atoms with Gasteiger partial charge in [-0.2, -0.15) is 22.0 Å². The molecule has 3 nitrogen and oxygen atoms in total. The Labute approximate surface area is 245 Å². The van der Waals surface area contributed by atoms with Gasteiger partial charge in [-0.05, 0) is 99.7 Å². The fraction of sp³-hybridized carbons (Fsp3) is 0.758. The van der Waals surface area contributed by atoms with Crippen LogP contribution < -0.4 is 0 Å². The minimum Gasteiger partial charge on any atom is -0.352 e. The summed E-state index contributed by atoms with van der Waals surface area (Å²) < 4.78 is 99.6. The molecule has 0 bridgehead atoms. The van der Waals surface area contributed by atoms with Gasteiger partial charge >= 0.3 is 12.3 Å². The predicted octanol–water partition coefficient (Wildman–Crippen LogP) is 9.66. The molecule has 9 heteroatoms. The topological polar surface area (TPSA) is 27.7 Å². The third-order valence-corrected chi connectivity index (χ3v) is 10.3. The summed E-state index contributed by atoms with van der Waals surface area (Å²) >= 11 is 0. The molecular weight excluding hydrogens is 558 g/mol. The quantitative estimate of drug-likeness (QED) is 0.291. The van der Waals surface area contributed by atoms with E-state index in [1.165, 1.54) is 37.8 Å². The van der Waals surface area contributed by atoms with Gasteiger partial charge in [-0.1, -0.05) is 31.9 Å². The van der Waals surface area contributed by atoms with E-state index >= 15 is 8.78 Å². The van der Waals surface area contributed by atoms with Crippen LogP contribution in [0.1, 0.15) is 101 Å². The SMILES string of the molecule is CC1CCC(C2COC(C3CCC(C(F)(F)OC4CCC(c5ccc(/C=C/C(F)(F)F)c(F)c5)CC4)CC3)OC2)CC1. The number of benzene rings is 1. The number of allylic oxidation sites excluding steroid dienone is 1. The van der Waals surface area contributed by atoms with Gasteiger partial charge in [0.05, 0.1) is 25.2 Å². The Bertz CT molecular complexity index is 1030. The minimum absolute atomic E-state index is 0.00488. The first-order chi connectivity index (χ1) is 20.0. The Morgan fingerprint density at radius 3 is 1.98 bits per heavy atom. The predicted molar refractivity (Wildman–Crippen MR) is 148 cm³/mol. The summed E-state index contributed by atoms with van der Waals surface area (Å²) in [5, 5.41) is 0. The number of halogens is 6. The lowest BCUT2D eigenvalue weighted by Crippen LogP contribution is -2.43. The van der Waals surface area contributed by atoms with E-state index in [0.29, 0.717) is 88.1 Å². The molecule has 3 aliphatic carbocycles. The second-order valence-corrected chi connectivity index (χ2v) is 13.2. The minimum atomic E-state index is -4.51. The summed E-state index contributed by atoms with van der Waals surface area (Å²) in [7, 11) is 0. The summed E-state index contributed by atoms with van der Waals surface area (Å²) in [5.74, 6) is 0.450. The number of hydrogen-bond donors (Lipinski definition) is 0. The molecule has 0 N–H and O–H groups in total. The lowest BCUT2D eigenvalue weighted by molar-refractivity contribution is -0.305. The molecule has 5 rings (SSSR count). The lowest BCUT2D eigenvalue weighted by Gasteiger charge is -2.42. The molecule has 4 aliphatic rings. The smallest absolute Gasteiger partial charge is 0.352 e. The van der Waals surface area contributed by atoms with Crippen molar-refractivity contribution in [2.24, 2.45) is 29.6 Å². The second kappa shape index (κ2) is 13.6. The average Bonchev–Trinajstić information content (AvgIpc) is 2.97. The van der Waals surface area contributed by atoms with Crippen LogP contribution in [0.5, 0.6) is 0 Å². The molecule has 1 heterocycles. The molecule has 3 saturated carbocycles. The van der Waals surface area contributed by atoms with E-state index in [0.717, 1.165) is 5.92 Å². The molecule has 0 radical (unpaired) electrons. The molecule has 1 aromatic carbocycles. The Kier molecular flexibility index (Phi) is 10.3. The normalized spacial score (nSPS) is 35.4. The molecule has 0 atom stereocenters. The van der Waals surface area contributed by atoms with Crippen molar-refractivity contribution in [1.29, 1.82) is 0 Å². The maximum absolute atomic E-state index is 15.2. The second-order valence-electron chi connectivity index (χ2n) is 13.2. The zero-order chi connectivity index (χ0) is 29.9. The summed E-state index contributed by atoms with van der Waals surface area (Å²) in [6.07, 6.45) is 1.12. The van der Waals surface area contributed by atoms with Crippen molar-refractivity contribution in [1.82, 2.24) is 0 Å². The van der Waals surface area contributed by atoms with E-state index in [-0.39, 0.29) is 29.8 Å². The van der Waals surface area contributed by atoms with Crippen LogP contribution in [0, 0.1) is 35.4 Å².